The predicted molar refractivity (Wildman–Crippen MR) is 67.6 cm³/mol. The van der Waals surface area contributed by atoms with Crippen molar-refractivity contribution in [3.05, 3.63) is 29.8 Å². The van der Waals surface area contributed by atoms with Crippen LogP contribution in [-0.4, -0.2) is 5.11 Å². The molecule has 88 valence electrons. The zero-order valence-electron chi connectivity index (χ0n) is 10.3. The fourth-order valence-corrected chi connectivity index (χ4v) is 2.88. The van der Waals surface area contributed by atoms with Crippen molar-refractivity contribution in [1.29, 1.82) is 0 Å². The number of phenolic OH excluding ortho intramolecular Hbond substituents is 1. The van der Waals surface area contributed by atoms with Crippen LogP contribution in [0, 0.1) is 11.8 Å². The third-order valence-electron chi connectivity index (χ3n) is 4.02. The first kappa shape index (κ1) is 11.5. The summed E-state index contributed by atoms with van der Waals surface area (Å²) in [5.41, 5.74) is 1.41. The lowest BCUT2D eigenvalue weighted by Gasteiger charge is -2.31. The van der Waals surface area contributed by atoms with Gasteiger partial charge in [0, 0.05) is 0 Å². The fourth-order valence-electron chi connectivity index (χ4n) is 2.88. The van der Waals surface area contributed by atoms with Gasteiger partial charge in [0.1, 0.15) is 5.75 Å². The van der Waals surface area contributed by atoms with Crippen LogP contribution >= 0.6 is 0 Å². The third kappa shape index (κ3) is 2.58. The van der Waals surface area contributed by atoms with Crippen LogP contribution in [0.25, 0.3) is 0 Å². The Bertz CT molecular complexity index is 326. The van der Waals surface area contributed by atoms with Crippen molar-refractivity contribution in [2.24, 2.45) is 11.8 Å². The standard InChI is InChI=1S/C15H22O/c1-11(2)13-4-3-5-14(10-13)12-6-8-15(16)9-7-12/h6-9,11,13-14,16H,3-5,10H2,1-2H3. The Morgan fingerprint density at radius 3 is 2.44 bits per heavy atom. The molecule has 0 radical (unpaired) electrons. The normalized spacial score (nSPS) is 25.9. The molecule has 1 fully saturated rings. The van der Waals surface area contributed by atoms with Gasteiger partial charge in [0.05, 0.1) is 0 Å². The summed E-state index contributed by atoms with van der Waals surface area (Å²) in [6.07, 6.45) is 5.39. The Morgan fingerprint density at radius 1 is 1.12 bits per heavy atom. The van der Waals surface area contributed by atoms with Gasteiger partial charge in [0.15, 0.2) is 0 Å². The Balaban J connectivity index is 2.06. The zero-order chi connectivity index (χ0) is 11.5. The molecule has 0 aliphatic heterocycles. The first-order valence-corrected chi connectivity index (χ1v) is 6.45. The van der Waals surface area contributed by atoms with Crippen LogP contribution in [0.1, 0.15) is 51.0 Å². The lowest BCUT2D eigenvalue weighted by atomic mass is 9.74. The van der Waals surface area contributed by atoms with E-state index in [0.717, 1.165) is 11.8 Å². The molecule has 1 aromatic rings. The predicted octanol–water partition coefficient (Wildman–Crippen LogP) is 4.32. The summed E-state index contributed by atoms with van der Waals surface area (Å²) in [5, 5.41) is 9.30. The monoisotopic (exact) mass is 218 g/mol. The van der Waals surface area contributed by atoms with E-state index < -0.39 is 0 Å². The molecule has 2 atom stereocenters. The Morgan fingerprint density at radius 2 is 1.81 bits per heavy atom. The fraction of sp³-hybridized carbons (Fsp3) is 0.600. The molecule has 0 aromatic heterocycles. The summed E-state index contributed by atoms with van der Waals surface area (Å²) < 4.78 is 0. The van der Waals surface area contributed by atoms with Gasteiger partial charge in [-0.2, -0.15) is 0 Å². The average molecular weight is 218 g/mol. The molecule has 2 rings (SSSR count). The molecule has 0 spiro atoms. The van der Waals surface area contributed by atoms with E-state index in [0.29, 0.717) is 11.7 Å². The number of hydrogen-bond acceptors (Lipinski definition) is 1. The number of phenols is 1. The molecule has 1 aromatic carbocycles. The van der Waals surface area contributed by atoms with E-state index in [1.165, 1.54) is 31.2 Å². The number of benzene rings is 1. The highest BCUT2D eigenvalue weighted by Gasteiger charge is 2.24. The van der Waals surface area contributed by atoms with Crippen molar-refractivity contribution in [1.82, 2.24) is 0 Å². The van der Waals surface area contributed by atoms with Gasteiger partial charge in [-0.05, 0) is 48.3 Å². The highest BCUT2D eigenvalue weighted by atomic mass is 16.3. The van der Waals surface area contributed by atoms with Crippen LogP contribution in [0.5, 0.6) is 5.75 Å². The van der Waals surface area contributed by atoms with Gasteiger partial charge >= 0.3 is 0 Å². The summed E-state index contributed by atoms with van der Waals surface area (Å²) >= 11 is 0. The SMILES string of the molecule is CC(C)C1CCCC(c2ccc(O)cc2)C1. The molecule has 16 heavy (non-hydrogen) atoms. The molecule has 1 nitrogen and oxygen atoms in total. The van der Waals surface area contributed by atoms with Crippen LogP contribution in [0.3, 0.4) is 0 Å². The van der Waals surface area contributed by atoms with Gasteiger partial charge in [0.2, 0.25) is 0 Å². The summed E-state index contributed by atoms with van der Waals surface area (Å²) in [6.45, 7) is 4.67. The average Bonchev–Trinajstić information content (AvgIpc) is 2.30. The van der Waals surface area contributed by atoms with Gasteiger partial charge in [0.25, 0.3) is 0 Å². The maximum Gasteiger partial charge on any atom is 0.115 e. The summed E-state index contributed by atoms with van der Waals surface area (Å²) in [4.78, 5) is 0. The van der Waals surface area contributed by atoms with E-state index in [2.05, 4.69) is 26.0 Å². The third-order valence-corrected chi connectivity index (χ3v) is 4.02. The molecule has 0 amide bonds. The minimum atomic E-state index is 0.375. The van der Waals surface area contributed by atoms with Crippen molar-refractivity contribution in [2.75, 3.05) is 0 Å². The van der Waals surface area contributed by atoms with E-state index in [1.54, 1.807) is 0 Å². The first-order chi connectivity index (χ1) is 7.66. The minimum Gasteiger partial charge on any atom is -0.508 e. The highest BCUT2D eigenvalue weighted by Crippen LogP contribution is 2.39. The summed E-state index contributed by atoms with van der Waals surface area (Å²) in [7, 11) is 0. The molecule has 0 heterocycles. The molecular weight excluding hydrogens is 196 g/mol. The lowest BCUT2D eigenvalue weighted by molar-refractivity contribution is 0.254. The smallest absolute Gasteiger partial charge is 0.115 e. The first-order valence-electron chi connectivity index (χ1n) is 6.45. The molecule has 0 bridgehead atoms. The van der Waals surface area contributed by atoms with Crippen molar-refractivity contribution < 1.29 is 5.11 Å². The molecular formula is C15H22O. The largest absolute Gasteiger partial charge is 0.508 e. The quantitative estimate of drug-likeness (QED) is 0.783. The zero-order valence-corrected chi connectivity index (χ0v) is 10.3. The van der Waals surface area contributed by atoms with Gasteiger partial charge in [-0.25, -0.2) is 0 Å². The van der Waals surface area contributed by atoms with Gasteiger partial charge in [-0.3, -0.25) is 0 Å². The second-order valence-corrected chi connectivity index (χ2v) is 5.46. The van der Waals surface area contributed by atoms with Crippen LogP contribution in [0.15, 0.2) is 24.3 Å². The van der Waals surface area contributed by atoms with Gasteiger partial charge < -0.3 is 5.11 Å². The van der Waals surface area contributed by atoms with Crippen LogP contribution < -0.4 is 0 Å². The van der Waals surface area contributed by atoms with E-state index in [4.69, 9.17) is 0 Å². The van der Waals surface area contributed by atoms with E-state index >= 15 is 0 Å². The molecule has 1 aliphatic rings. The second kappa shape index (κ2) is 4.90. The Hall–Kier alpha value is -0.980. The van der Waals surface area contributed by atoms with Crippen molar-refractivity contribution in [2.45, 2.75) is 45.4 Å². The van der Waals surface area contributed by atoms with Crippen LogP contribution in [0.2, 0.25) is 0 Å². The number of rotatable bonds is 2. The Kier molecular flexibility index (Phi) is 3.52. The van der Waals surface area contributed by atoms with Gasteiger partial charge in [-0.1, -0.05) is 38.8 Å². The minimum absolute atomic E-state index is 0.375. The van der Waals surface area contributed by atoms with Crippen molar-refractivity contribution in [3.8, 4) is 5.75 Å². The molecule has 0 saturated heterocycles. The topological polar surface area (TPSA) is 20.2 Å². The van der Waals surface area contributed by atoms with E-state index in [-0.39, 0.29) is 0 Å². The molecule has 1 heteroatoms. The maximum atomic E-state index is 9.30. The summed E-state index contributed by atoms with van der Waals surface area (Å²) in [6, 6.07) is 7.80. The number of aromatic hydroxyl groups is 1. The van der Waals surface area contributed by atoms with Crippen molar-refractivity contribution in [3.63, 3.8) is 0 Å². The molecule has 1 N–H and O–H groups in total. The van der Waals surface area contributed by atoms with Crippen LogP contribution in [-0.2, 0) is 0 Å². The maximum absolute atomic E-state index is 9.30. The molecule has 2 unspecified atom stereocenters. The lowest BCUT2D eigenvalue weighted by Crippen LogP contribution is -2.18. The van der Waals surface area contributed by atoms with Gasteiger partial charge in [-0.15, -0.1) is 0 Å². The molecule has 1 saturated carbocycles. The highest BCUT2D eigenvalue weighted by molar-refractivity contribution is 5.28. The van der Waals surface area contributed by atoms with E-state index in [1.807, 2.05) is 12.1 Å². The van der Waals surface area contributed by atoms with Crippen LogP contribution in [0.4, 0.5) is 0 Å². The molecule has 1 aliphatic carbocycles. The van der Waals surface area contributed by atoms with Crippen molar-refractivity contribution >= 4 is 0 Å². The van der Waals surface area contributed by atoms with E-state index in [9.17, 15) is 5.11 Å². The summed E-state index contributed by atoms with van der Waals surface area (Å²) in [5.74, 6) is 2.77. The second-order valence-electron chi connectivity index (χ2n) is 5.46. The Labute approximate surface area is 98.5 Å². The number of hydrogen-bond donors (Lipinski definition) is 1.